The zero-order chi connectivity index (χ0) is 13.4. The summed E-state index contributed by atoms with van der Waals surface area (Å²) in [7, 11) is 0. The average molecular weight is 267 g/mol. The van der Waals surface area contributed by atoms with Crippen molar-refractivity contribution in [3.05, 3.63) is 35.9 Å². The summed E-state index contributed by atoms with van der Waals surface area (Å²) in [6.07, 6.45) is 0. The van der Waals surface area contributed by atoms with E-state index in [1.54, 1.807) is 16.7 Å². The largest absolute Gasteiger partial charge is 0.395 e. The van der Waals surface area contributed by atoms with E-state index in [-0.39, 0.29) is 17.8 Å². The predicted molar refractivity (Wildman–Crippen MR) is 76.5 cm³/mol. The van der Waals surface area contributed by atoms with Gasteiger partial charge in [0.15, 0.2) is 0 Å². The summed E-state index contributed by atoms with van der Waals surface area (Å²) in [5.41, 5.74) is 1.23. The molecule has 0 fully saturated rings. The fourth-order valence-corrected chi connectivity index (χ4v) is 2.60. The Morgan fingerprint density at radius 1 is 1.39 bits per heavy atom. The number of thioether (sulfide) groups is 1. The highest BCUT2D eigenvalue weighted by molar-refractivity contribution is 7.99. The molecular formula is C14H21NO2S. The third kappa shape index (κ3) is 4.70. The molecule has 0 aliphatic rings. The summed E-state index contributed by atoms with van der Waals surface area (Å²) in [4.78, 5) is 13.8. The lowest BCUT2D eigenvalue weighted by atomic mass is 10.2. The number of hydrogen-bond acceptors (Lipinski definition) is 3. The minimum atomic E-state index is -0.0725. The lowest BCUT2D eigenvalue weighted by Gasteiger charge is -2.23. The maximum atomic E-state index is 12.1. The molecule has 0 heterocycles. The zero-order valence-corrected chi connectivity index (χ0v) is 11.8. The third-order valence-electron chi connectivity index (χ3n) is 2.75. The molecule has 0 unspecified atom stereocenters. The number of benzene rings is 1. The van der Waals surface area contributed by atoms with Crippen LogP contribution in [-0.4, -0.2) is 40.9 Å². The SMILES string of the molecule is CCN(CCO)C(=O)[C@H](C)SCc1ccccc1. The van der Waals surface area contributed by atoms with Crippen molar-refractivity contribution < 1.29 is 9.90 Å². The Bertz CT molecular complexity index is 356. The van der Waals surface area contributed by atoms with E-state index in [4.69, 9.17) is 5.11 Å². The molecule has 1 aromatic carbocycles. The minimum absolute atomic E-state index is 0.0235. The van der Waals surface area contributed by atoms with Crippen LogP contribution in [0.25, 0.3) is 0 Å². The number of likely N-dealkylation sites (N-methyl/N-ethyl adjacent to an activating group) is 1. The van der Waals surface area contributed by atoms with Gasteiger partial charge in [0.1, 0.15) is 0 Å². The van der Waals surface area contributed by atoms with Crippen LogP contribution in [0.1, 0.15) is 19.4 Å². The molecule has 3 nitrogen and oxygen atoms in total. The first-order valence-electron chi connectivity index (χ1n) is 6.24. The number of rotatable bonds is 7. The van der Waals surface area contributed by atoms with Crippen molar-refractivity contribution in [3.63, 3.8) is 0 Å². The van der Waals surface area contributed by atoms with Crippen LogP contribution in [0.2, 0.25) is 0 Å². The van der Waals surface area contributed by atoms with Gasteiger partial charge in [-0.15, -0.1) is 11.8 Å². The standard InChI is InChI=1S/C14H21NO2S/c1-3-15(9-10-16)14(17)12(2)18-11-13-7-5-4-6-8-13/h4-8,12,16H,3,9-11H2,1-2H3/t12-/m0/s1. The number of carbonyl (C=O) groups is 1. The number of carbonyl (C=O) groups excluding carboxylic acids is 1. The first kappa shape index (κ1) is 15.1. The summed E-state index contributed by atoms with van der Waals surface area (Å²) in [6.45, 7) is 4.95. The molecule has 0 radical (unpaired) electrons. The smallest absolute Gasteiger partial charge is 0.235 e. The van der Waals surface area contributed by atoms with Gasteiger partial charge in [-0.05, 0) is 19.4 Å². The van der Waals surface area contributed by atoms with Crippen LogP contribution in [0.5, 0.6) is 0 Å². The van der Waals surface area contributed by atoms with E-state index in [9.17, 15) is 4.79 Å². The van der Waals surface area contributed by atoms with Gasteiger partial charge >= 0.3 is 0 Å². The summed E-state index contributed by atoms with van der Waals surface area (Å²) in [5.74, 6) is 0.942. The molecule has 0 aliphatic heterocycles. The lowest BCUT2D eigenvalue weighted by Crippen LogP contribution is -2.38. The number of aliphatic hydroxyl groups is 1. The van der Waals surface area contributed by atoms with E-state index in [2.05, 4.69) is 12.1 Å². The molecule has 0 aliphatic carbocycles. The molecule has 0 aromatic heterocycles. The summed E-state index contributed by atoms with van der Waals surface area (Å²) in [5, 5.41) is 8.83. The van der Waals surface area contributed by atoms with Gasteiger partial charge in [-0.25, -0.2) is 0 Å². The van der Waals surface area contributed by atoms with Crippen molar-refractivity contribution in [3.8, 4) is 0 Å². The van der Waals surface area contributed by atoms with Crippen molar-refractivity contribution in [2.75, 3.05) is 19.7 Å². The predicted octanol–water partition coefficient (Wildman–Crippen LogP) is 2.15. The molecule has 1 rings (SSSR count). The molecule has 0 saturated heterocycles. The molecule has 1 atom stereocenters. The van der Waals surface area contributed by atoms with Gasteiger partial charge in [0, 0.05) is 18.8 Å². The van der Waals surface area contributed by atoms with E-state index in [0.29, 0.717) is 13.1 Å². The first-order chi connectivity index (χ1) is 8.69. The molecule has 0 saturated carbocycles. The number of aliphatic hydroxyl groups excluding tert-OH is 1. The Balaban J connectivity index is 2.44. The summed E-state index contributed by atoms with van der Waals surface area (Å²) >= 11 is 1.63. The second-order valence-electron chi connectivity index (χ2n) is 4.08. The third-order valence-corrected chi connectivity index (χ3v) is 3.96. The highest BCUT2D eigenvalue weighted by atomic mass is 32.2. The molecule has 100 valence electrons. The maximum Gasteiger partial charge on any atom is 0.235 e. The van der Waals surface area contributed by atoms with Gasteiger partial charge in [-0.1, -0.05) is 30.3 Å². The molecular weight excluding hydrogens is 246 g/mol. The molecule has 18 heavy (non-hydrogen) atoms. The van der Waals surface area contributed by atoms with Crippen LogP contribution in [0.3, 0.4) is 0 Å². The number of hydrogen-bond donors (Lipinski definition) is 1. The Morgan fingerprint density at radius 2 is 2.06 bits per heavy atom. The molecule has 0 bridgehead atoms. The Kier molecular flexibility index (Phi) is 6.83. The van der Waals surface area contributed by atoms with Gasteiger partial charge in [0.25, 0.3) is 0 Å². The van der Waals surface area contributed by atoms with Crippen molar-refractivity contribution >= 4 is 17.7 Å². The molecule has 1 amide bonds. The maximum absolute atomic E-state index is 12.1. The monoisotopic (exact) mass is 267 g/mol. The van der Waals surface area contributed by atoms with E-state index in [1.165, 1.54) is 5.56 Å². The lowest BCUT2D eigenvalue weighted by molar-refractivity contribution is -0.130. The zero-order valence-electron chi connectivity index (χ0n) is 11.0. The van der Waals surface area contributed by atoms with E-state index in [0.717, 1.165) is 5.75 Å². The Labute approximate surface area is 113 Å². The Morgan fingerprint density at radius 3 is 2.61 bits per heavy atom. The molecule has 0 spiro atoms. The van der Waals surface area contributed by atoms with Crippen LogP contribution in [0.4, 0.5) is 0 Å². The van der Waals surface area contributed by atoms with Crippen LogP contribution in [0.15, 0.2) is 30.3 Å². The normalized spacial score (nSPS) is 12.2. The summed E-state index contributed by atoms with van der Waals surface area (Å²) in [6, 6.07) is 10.1. The quantitative estimate of drug-likeness (QED) is 0.823. The average Bonchev–Trinajstić information content (AvgIpc) is 2.42. The molecule has 1 N–H and O–H groups in total. The molecule has 1 aromatic rings. The highest BCUT2D eigenvalue weighted by Crippen LogP contribution is 2.19. The Hall–Kier alpha value is -1.00. The van der Waals surface area contributed by atoms with Crippen molar-refractivity contribution in [2.24, 2.45) is 0 Å². The fraction of sp³-hybridized carbons (Fsp3) is 0.500. The molecule has 4 heteroatoms. The van der Waals surface area contributed by atoms with Gasteiger partial charge < -0.3 is 10.0 Å². The van der Waals surface area contributed by atoms with Crippen LogP contribution >= 0.6 is 11.8 Å². The topological polar surface area (TPSA) is 40.5 Å². The van der Waals surface area contributed by atoms with Gasteiger partial charge in [-0.3, -0.25) is 4.79 Å². The van der Waals surface area contributed by atoms with Crippen molar-refractivity contribution in [2.45, 2.75) is 24.9 Å². The summed E-state index contributed by atoms with van der Waals surface area (Å²) < 4.78 is 0. The van der Waals surface area contributed by atoms with E-state index >= 15 is 0 Å². The van der Waals surface area contributed by atoms with E-state index < -0.39 is 0 Å². The fourth-order valence-electron chi connectivity index (χ4n) is 1.67. The van der Waals surface area contributed by atoms with Gasteiger partial charge in [0.05, 0.1) is 11.9 Å². The highest BCUT2D eigenvalue weighted by Gasteiger charge is 2.19. The van der Waals surface area contributed by atoms with Crippen LogP contribution in [-0.2, 0) is 10.5 Å². The minimum Gasteiger partial charge on any atom is -0.395 e. The van der Waals surface area contributed by atoms with Gasteiger partial charge in [-0.2, -0.15) is 0 Å². The van der Waals surface area contributed by atoms with Crippen molar-refractivity contribution in [1.29, 1.82) is 0 Å². The number of nitrogens with zero attached hydrogens (tertiary/aromatic N) is 1. The van der Waals surface area contributed by atoms with Gasteiger partial charge in [0.2, 0.25) is 5.91 Å². The first-order valence-corrected chi connectivity index (χ1v) is 7.29. The second kappa shape index (κ2) is 8.16. The van der Waals surface area contributed by atoms with Crippen molar-refractivity contribution in [1.82, 2.24) is 4.90 Å². The number of amides is 1. The second-order valence-corrected chi connectivity index (χ2v) is 5.41. The van der Waals surface area contributed by atoms with Crippen LogP contribution < -0.4 is 0 Å². The van der Waals surface area contributed by atoms with Crippen LogP contribution in [0, 0.1) is 0 Å². The van der Waals surface area contributed by atoms with E-state index in [1.807, 2.05) is 32.0 Å².